The highest BCUT2D eigenvalue weighted by molar-refractivity contribution is 6.29. The number of benzene rings is 1. The number of rotatable bonds is 2. The number of pyridine rings is 1. The average Bonchev–Trinajstić information content (AvgIpc) is 2.30. The molecule has 0 spiro atoms. The molecule has 0 aliphatic heterocycles. The number of hydrogen-bond acceptors (Lipinski definition) is 2. The van der Waals surface area contributed by atoms with Crippen LogP contribution in [0.1, 0.15) is 10.4 Å². The van der Waals surface area contributed by atoms with Gasteiger partial charge in [-0.05, 0) is 29.8 Å². The Labute approximate surface area is 97.3 Å². The first-order chi connectivity index (χ1) is 7.66. The predicted octanol–water partition coefficient (Wildman–Crippen LogP) is 3.10. The topological polar surface area (TPSA) is 50.2 Å². The second kappa shape index (κ2) is 4.33. The van der Waals surface area contributed by atoms with Crippen molar-refractivity contribution in [1.82, 2.24) is 4.98 Å². The van der Waals surface area contributed by atoms with Gasteiger partial charge in [-0.1, -0.05) is 23.7 Å². The van der Waals surface area contributed by atoms with Gasteiger partial charge >= 0.3 is 5.97 Å². The molecule has 0 bridgehead atoms. The molecule has 0 aliphatic rings. The van der Waals surface area contributed by atoms with Gasteiger partial charge in [-0.15, -0.1) is 0 Å². The van der Waals surface area contributed by atoms with Gasteiger partial charge in [-0.25, -0.2) is 9.78 Å². The quantitative estimate of drug-likeness (QED) is 0.811. The molecule has 1 heterocycles. The highest BCUT2D eigenvalue weighted by Crippen LogP contribution is 2.20. The van der Waals surface area contributed by atoms with Crippen LogP contribution in [-0.4, -0.2) is 16.1 Å². The number of carboxylic acid groups (broad SMARTS) is 1. The molecule has 2 aromatic rings. The summed E-state index contributed by atoms with van der Waals surface area (Å²) < 4.78 is 0. The molecule has 0 unspecified atom stereocenters. The maximum atomic E-state index is 10.7. The molecule has 2 rings (SSSR count). The molecule has 1 N–H and O–H groups in total. The van der Waals surface area contributed by atoms with Crippen LogP contribution >= 0.6 is 11.6 Å². The van der Waals surface area contributed by atoms with Crippen LogP contribution in [0.2, 0.25) is 5.15 Å². The molecule has 3 nitrogen and oxygen atoms in total. The van der Waals surface area contributed by atoms with E-state index in [4.69, 9.17) is 16.7 Å². The predicted molar refractivity (Wildman–Crippen MR) is 61.6 cm³/mol. The van der Waals surface area contributed by atoms with Crippen molar-refractivity contribution in [3.63, 3.8) is 0 Å². The van der Waals surface area contributed by atoms with E-state index in [1.54, 1.807) is 36.5 Å². The van der Waals surface area contributed by atoms with Crippen molar-refractivity contribution in [2.24, 2.45) is 0 Å². The Hall–Kier alpha value is -1.87. The van der Waals surface area contributed by atoms with E-state index < -0.39 is 5.97 Å². The standard InChI is InChI=1S/C12H8ClNO2/c13-11-6-5-10(7-14-11)8-1-3-9(4-2-8)12(15)16/h1-7H,(H,15,16). The third-order valence-electron chi connectivity index (χ3n) is 2.19. The lowest BCUT2D eigenvalue weighted by Crippen LogP contribution is -1.94. The van der Waals surface area contributed by atoms with Crippen molar-refractivity contribution in [1.29, 1.82) is 0 Å². The van der Waals surface area contributed by atoms with E-state index in [0.29, 0.717) is 5.15 Å². The Kier molecular flexibility index (Phi) is 2.88. The Morgan fingerprint density at radius 2 is 1.69 bits per heavy atom. The van der Waals surface area contributed by atoms with Crippen molar-refractivity contribution < 1.29 is 9.90 Å². The largest absolute Gasteiger partial charge is 0.478 e. The van der Waals surface area contributed by atoms with E-state index in [2.05, 4.69) is 4.98 Å². The molecule has 0 atom stereocenters. The number of hydrogen-bond donors (Lipinski definition) is 1. The van der Waals surface area contributed by atoms with Crippen molar-refractivity contribution in [2.45, 2.75) is 0 Å². The summed E-state index contributed by atoms with van der Waals surface area (Å²) in [7, 11) is 0. The fourth-order valence-electron chi connectivity index (χ4n) is 1.35. The van der Waals surface area contributed by atoms with Gasteiger partial charge in [0.2, 0.25) is 0 Å². The number of nitrogens with zero attached hydrogens (tertiary/aromatic N) is 1. The number of aromatic carboxylic acids is 1. The fraction of sp³-hybridized carbons (Fsp3) is 0. The zero-order chi connectivity index (χ0) is 11.5. The van der Waals surface area contributed by atoms with Gasteiger partial charge in [0.15, 0.2) is 0 Å². The van der Waals surface area contributed by atoms with Crippen molar-refractivity contribution >= 4 is 17.6 Å². The van der Waals surface area contributed by atoms with Crippen LogP contribution in [0.25, 0.3) is 11.1 Å². The van der Waals surface area contributed by atoms with Crippen molar-refractivity contribution in [2.75, 3.05) is 0 Å². The van der Waals surface area contributed by atoms with Crippen LogP contribution in [0.5, 0.6) is 0 Å². The number of aromatic nitrogens is 1. The summed E-state index contributed by atoms with van der Waals surface area (Å²) in [6.07, 6.45) is 1.65. The SMILES string of the molecule is O=C(O)c1ccc(-c2ccc(Cl)nc2)cc1. The second-order valence-corrected chi connectivity index (χ2v) is 3.64. The molecule has 16 heavy (non-hydrogen) atoms. The van der Waals surface area contributed by atoms with Crippen LogP contribution in [-0.2, 0) is 0 Å². The normalized spacial score (nSPS) is 10.1. The second-order valence-electron chi connectivity index (χ2n) is 3.25. The summed E-state index contributed by atoms with van der Waals surface area (Å²) >= 11 is 5.68. The van der Waals surface area contributed by atoms with E-state index in [1.165, 1.54) is 0 Å². The van der Waals surface area contributed by atoms with E-state index in [1.807, 2.05) is 6.07 Å². The molecule has 0 aliphatic carbocycles. The lowest BCUT2D eigenvalue weighted by atomic mass is 10.1. The van der Waals surface area contributed by atoms with Gasteiger partial charge in [0.05, 0.1) is 5.56 Å². The van der Waals surface area contributed by atoms with Gasteiger partial charge in [-0.3, -0.25) is 0 Å². The molecule has 4 heteroatoms. The minimum Gasteiger partial charge on any atom is -0.478 e. The van der Waals surface area contributed by atoms with Crippen LogP contribution in [0.3, 0.4) is 0 Å². The smallest absolute Gasteiger partial charge is 0.335 e. The molecule has 1 aromatic heterocycles. The minimum atomic E-state index is -0.930. The van der Waals surface area contributed by atoms with Gasteiger partial charge in [0, 0.05) is 11.8 Å². The molecule has 0 saturated heterocycles. The van der Waals surface area contributed by atoms with Crippen LogP contribution in [0.15, 0.2) is 42.6 Å². The Balaban J connectivity index is 2.34. The number of halogens is 1. The first kappa shape index (κ1) is 10.6. The number of carbonyl (C=O) groups is 1. The third kappa shape index (κ3) is 2.20. The fourth-order valence-corrected chi connectivity index (χ4v) is 1.46. The minimum absolute atomic E-state index is 0.269. The molecule has 0 saturated carbocycles. The van der Waals surface area contributed by atoms with Gasteiger partial charge < -0.3 is 5.11 Å². The summed E-state index contributed by atoms with van der Waals surface area (Å²) in [5.74, 6) is -0.930. The van der Waals surface area contributed by atoms with E-state index in [-0.39, 0.29) is 5.56 Å². The number of carboxylic acids is 1. The summed E-state index contributed by atoms with van der Waals surface area (Å²) in [4.78, 5) is 14.6. The molecule has 0 amide bonds. The molecular weight excluding hydrogens is 226 g/mol. The maximum absolute atomic E-state index is 10.7. The van der Waals surface area contributed by atoms with Crippen molar-refractivity contribution in [3.8, 4) is 11.1 Å². The molecular formula is C12H8ClNO2. The first-order valence-electron chi connectivity index (χ1n) is 4.62. The monoisotopic (exact) mass is 233 g/mol. The lowest BCUT2D eigenvalue weighted by Gasteiger charge is -2.01. The third-order valence-corrected chi connectivity index (χ3v) is 2.42. The van der Waals surface area contributed by atoms with Crippen LogP contribution < -0.4 is 0 Å². The van der Waals surface area contributed by atoms with Crippen LogP contribution in [0, 0.1) is 0 Å². The van der Waals surface area contributed by atoms with Crippen LogP contribution in [0.4, 0.5) is 0 Å². The lowest BCUT2D eigenvalue weighted by molar-refractivity contribution is 0.0697. The van der Waals surface area contributed by atoms with Crippen molar-refractivity contribution in [3.05, 3.63) is 53.3 Å². The van der Waals surface area contributed by atoms with E-state index in [0.717, 1.165) is 11.1 Å². The summed E-state index contributed by atoms with van der Waals surface area (Å²) in [5, 5.41) is 9.19. The average molecular weight is 234 g/mol. The van der Waals surface area contributed by atoms with E-state index >= 15 is 0 Å². The zero-order valence-electron chi connectivity index (χ0n) is 8.22. The Morgan fingerprint density at radius 1 is 1.06 bits per heavy atom. The highest BCUT2D eigenvalue weighted by Gasteiger charge is 2.03. The van der Waals surface area contributed by atoms with Gasteiger partial charge in [0.1, 0.15) is 5.15 Å². The Bertz CT molecular complexity index is 506. The summed E-state index contributed by atoms with van der Waals surface area (Å²) in [6, 6.07) is 10.1. The maximum Gasteiger partial charge on any atom is 0.335 e. The van der Waals surface area contributed by atoms with Gasteiger partial charge in [-0.2, -0.15) is 0 Å². The first-order valence-corrected chi connectivity index (χ1v) is 5.00. The van der Waals surface area contributed by atoms with E-state index in [9.17, 15) is 4.79 Å². The molecule has 0 fully saturated rings. The highest BCUT2D eigenvalue weighted by atomic mass is 35.5. The Morgan fingerprint density at radius 3 is 2.19 bits per heavy atom. The van der Waals surface area contributed by atoms with Gasteiger partial charge in [0.25, 0.3) is 0 Å². The zero-order valence-corrected chi connectivity index (χ0v) is 8.98. The summed E-state index contributed by atoms with van der Waals surface area (Å²) in [5.41, 5.74) is 2.08. The summed E-state index contributed by atoms with van der Waals surface area (Å²) in [6.45, 7) is 0. The molecule has 80 valence electrons. The molecule has 0 radical (unpaired) electrons. The molecule has 1 aromatic carbocycles.